The number of esters is 1. The number of aromatic nitrogens is 1. The summed E-state index contributed by atoms with van der Waals surface area (Å²) in [6.07, 6.45) is 3.34. The van der Waals surface area contributed by atoms with E-state index in [9.17, 15) is 4.79 Å². The molecule has 142 valence electrons. The van der Waals surface area contributed by atoms with E-state index in [1.807, 2.05) is 6.07 Å². The standard InChI is InChI=1S/C20H24N4O3/c1-5-12-9-17(27-11-20(2,3)19(25)26-4)24-10-15(12)13-6-7-14(18(22)23)16(21)8-13/h5-10H,1,11,21H2,2-4H3,(H3,22,23). The van der Waals surface area contributed by atoms with E-state index in [0.717, 1.165) is 16.7 Å². The highest BCUT2D eigenvalue weighted by molar-refractivity contribution is 6.00. The summed E-state index contributed by atoms with van der Waals surface area (Å²) in [7, 11) is 1.34. The van der Waals surface area contributed by atoms with Gasteiger partial charge in [0.2, 0.25) is 5.88 Å². The Morgan fingerprint density at radius 2 is 2.07 bits per heavy atom. The molecule has 5 N–H and O–H groups in total. The van der Waals surface area contributed by atoms with Crippen LogP contribution in [-0.4, -0.2) is 30.5 Å². The van der Waals surface area contributed by atoms with Crippen LogP contribution in [0.15, 0.2) is 37.0 Å². The van der Waals surface area contributed by atoms with Gasteiger partial charge in [0.25, 0.3) is 0 Å². The number of nitrogens with zero attached hydrogens (tertiary/aromatic N) is 1. The number of hydrogen-bond donors (Lipinski definition) is 3. The highest BCUT2D eigenvalue weighted by atomic mass is 16.5. The summed E-state index contributed by atoms with van der Waals surface area (Å²) in [5.74, 6) is -0.0684. The molecule has 27 heavy (non-hydrogen) atoms. The second kappa shape index (κ2) is 7.90. The van der Waals surface area contributed by atoms with Gasteiger partial charge in [-0.25, -0.2) is 4.98 Å². The van der Waals surface area contributed by atoms with Crippen molar-refractivity contribution in [2.24, 2.45) is 11.1 Å². The number of nitrogen functional groups attached to an aromatic ring is 2. The number of benzene rings is 1. The minimum Gasteiger partial charge on any atom is -0.476 e. The lowest BCUT2D eigenvalue weighted by molar-refractivity contribution is -0.152. The van der Waals surface area contributed by atoms with Gasteiger partial charge in [0.15, 0.2) is 0 Å². The van der Waals surface area contributed by atoms with Crippen LogP contribution in [0.25, 0.3) is 17.2 Å². The molecule has 0 aliphatic rings. The molecule has 0 unspecified atom stereocenters. The summed E-state index contributed by atoms with van der Waals surface area (Å²) < 4.78 is 10.4. The van der Waals surface area contributed by atoms with Crippen molar-refractivity contribution in [3.8, 4) is 17.0 Å². The van der Waals surface area contributed by atoms with E-state index in [4.69, 9.17) is 26.4 Å². The molecule has 2 aromatic rings. The average Bonchev–Trinajstić information content (AvgIpc) is 2.65. The SMILES string of the molecule is C=Cc1cc(OCC(C)(C)C(=O)OC)ncc1-c1ccc(C(=N)N)c(N)c1. The van der Waals surface area contributed by atoms with Crippen molar-refractivity contribution in [3.05, 3.63) is 48.2 Å². The van der Waals surface area contributed by atoms with Crippen LogP contribution in [0.2, 0.25) is 0 Å². The maximum atomic E-state index is 11.7. The summed E-state index contributed by atoms with van der Waals surface area (Å²) in [5, 5.41) is 7.52. The number of amidine groups is 1. The molecule has 1 aromatic carbocycles. The number of hydrogen-bond acceptors (Lipinski definition) is 6. The van der Waals surface area contributed by atoms with Crippen LogP contribution in [-0.2, 0) is 9.53 Å². The number of rotatable bonds is 7. The topological polar surface area (TPSA) is 124 Å². The third kappa shape index (κ3) is 4.44. The predicted octanol–water partition coefficient (Wildman–Crippen LogP) is 2.84. The number of anilines is 1. The minimum absolute atomic E-state index is 0.0851. The number of methoxy groups -OCH3 is 1. The molecule has 0 amide bonds. The van der Waals surface area contributed by atoms with Gasteiger partial charge in [-0.2, -0.15) is 0 Å². The van der Waals surface area contributed by atoms with Crippen molar-refractivity contribution >= 4 is 23.6 Å². The zero-order valence-corrected chi connectivity index (χ0v) is 15.7. The largest absolute Gasteiger partial charge is 0.476 e. The van der Waals surface area contributed by atoms with Crippen LogP contribution in [0, 0.1) is 10.8 Å². The van der Waals surface area contributed by atoms with Gasteiger partial charge >= 0.3 is 5.97 Å². The van der Waals surface area contributed by atoms with Crippen molar-refractivity contribution in [1.29, 1.82) is 5.41 Å². The molecule has 0 bridgehead atoms. The predicted molar refractivity (Wildman–Crippen MR) is 106 cm³/mol. The van der Waals surface area contributed by atoms with Crippen molar-refractivity contribution < 1.29 is 14.3 Å². The van der Waals surface area contributed by atoms with Crippen LogP contribution in [0.4, 0.5) is 5.69 Å². The third-order valence-electron chi connectivity index (χ3n) is 4.10. The lowest BCUT2D eigenvalue weighted by atomic mass is 9.95. The van der Waals surface area contributed by atoms with Gasteiger partial charge in [0, 0.05) is 29.1 Å². The monoisotopic (exact) mass is 368 g/mol. The van der Waals surface area contributed by atoms with Gasteiger partial charge in [-0.3, -0.25) is 10.2 Å². The van der Waals surface area contributed by atoms with Crippen molar-refractivity contribution in [1.82, 2.24) is 4.98 Å². The van der Waals surface area contributed by atoms with Gasteiger partial charge in [-0.15, -0.1) is 0 Å². The Bertz CT molecular complexity index is 891. The molecule has 1 heterocycles. The van der Waals surface area contributed by atoms with E-state index in [2.05, 4.69) is 11.6 Å². The lowest BCUT2D eigenvalue weighted by Gasteiger charge is -2.21. The molecule has 0 aliphatic carbocycles. The molecule has 0 aliphatic heterocycles. The normalized spacial score (nSPS) is 10.9. The average molecular weight is 368 g/mol. The van der Waals surface area contributed by atoms with E-state index in [1.165, 1.54) is 7.11 Å². The van der Waals surface area contributed by atoms with Gasteiger partial charge in [0.1, 0.15) is 12.4 Å². The Balaban J connectivity index is 2.29. The number of carbonyl (C=O) groups excluding carboxylic acids is 1. The van der Waals surface area contributed by atoms with E-state index in [-0.39, 0.29) is 18.4 Å². The van der Waals surface area contributed by atoms with Crippen LogP contribution in [0.5, 0.6) is 5.88 Å². The van der Waals surface area contributed by atoms with Crippen molar-refractivity contribution in [2.45, 2.75) is 13.8 Å². The molecule has 0 atom stereocenters. The molecule has 7 nitrogen and oxygen atoms in total. The summed E-state index contributed by atoms with van der Waals surface area (Å²) in [4.78, 5) is 16.1. The van der Waals surface area contributed by atoms with Crippen LogP contribution >= 0.6 is 0 Å². The number of carbonyl (C=O) groups is 1. The maximum Gasteiger partial charge on any atom is 0.314 e. The molecule has 0 saturated carbocycles. The van der Waals surface area contributed by atoms with Gasteiger partial charge < -0.3 is 20.9 Å². The molecule has 0 saturated heterocycles. The van der Waals surface area contributed by atoms with Crippen LogP contribution in [0.3, 0.4) is 0 Å². The molecule has 1 aromatic heterocycles. The van der Waals surface area contributed by atoms with E-state index >= 15 is 0 Å². The first-order valence-corrected chi connectivity index (χ1v) is 8.27. The first kappa shape index (κ1) is 20.0. The fraction of sp³-hybridized carbons (Fsp3) is 0.250. The first-order valence-electron chi connectivity index (χ1n) is 8.27. The molecule has 0 spiro atoms. The van der Waals surface area contributed by atoms with E-state index < -0.39 is 5.41 Å². The number of nitrogens with one attached hydrogen (secondary N) is 1. The molecule has 7 heteroatoms. The van der Waals surface area contributed by atoms with E-state index in [1.54, 1.807) is 44.3 Å². The first-order chi connectivity index (χ1) is 12.7. The smallest absolute Gasteiger partial charge is 0.314 e. The zero-order valence-electron chi connectivity index (χ0n) is 15.7. The molecule has 0 fully saturated rings. The second-order valence-electron chi connectivity index (χ2n) is 6.69. The van der Waals surface area contributed by atoms with Gasteiger partial charge in [-0.1, -0.05) is 18.7 Å². The second-order valence-corrected chi connectivity index (χ2v) is 6.69. The zero-order chi connectivity index (χ0) is 20.2. The Kier molecular flexibility index (Phi) is 5.85. The maximum absolute atomic E-state index is 11.7. The Morgan fingerprint density at radius 3 is 2.63 bits per heavy atom. The highest BCUT2D eigenvalue weighted by Crippen LogP contribution is 2.29. The fourth-order valence-corrected chi connectivity index (χ4v) is 2.50. The van der Waals surface area contributed by atoms with E-state index in [0.29, 0.717) is 17.1 Å². The third-order valence-corrected chi connectivity index (χ3v) is 4.10. The summed E-state index contributed by atoms with van der Waals surface area (Å²) in [5.41, 5.74) is 14.0. The quantitative estimate of drug-likeness (QED) is 0.299. The Hall–Kier alpha value is -3.35. The van der Waals surface area contributed by atoms with Crippen LogP contribution in [0.1, 0.15) is 25.0 Å². The van der Waals surface area contributed by atoms with Crippen molar-refractivity contribution in [3.63, 3.8) is 0 Å². The summed E-state index contributed by atoms with van der Waals surface area (Å²) in [6.45, 7) is 7.44. The Morgan fingerprint density at radius 1 is 1.37 bits per heavy atom. The number of pyridine rings is 1. The van der Waals surface area contributed by atoms with Gasteiger partial charge in [-0.05, 0) is 37.1 Å². The Labute approximate surface area is 158 Å². The van der Waals surface area contributed by atoms with Gasteiger partial charge in [0.05, 0.1) is 12.5 Å². The highest BCUT2D eigenvalue weighted by Gasteiger charge is 2.30. The fourth-order valence-electron chi connectivity index (χ4n) is 2.50. The molecular formula is C20H24N4O3. The summed E-state index contributed by atoms with van der Waals surface area (Å²) in [6, 6.07) is 6.99. The number of ether oxygens (including phenoxy) is 2. The number of nitrogens with two attached hydrogens (primary N) is 2. The molecule has 2 rings (SSSR count). The summed E-state index contributed by atoms with van der Waals surface area (Å²) >= 11 is 0. The minimum atomic E-state index is -0.791. The molecular weight excluding hydrogens is 344 g/mol. The van der Waals surface area contributed by atoms with Crippen molar-refractivity contribution in [2.75, 3.05) is 19.5 Å². The lowest BCUT2D eigenvalue weighted by Crippen LogP contribution is -2.32. The van der Waals surface area contributed by atoms with Crippen LogP contribution < -0.4 is 16.2 Å². The molecule has 0 radical (unpaired) electrons.